The molecule has 1 aliphatic rings. The van der Waals surface area contributed by atoms with Crippen LogP contribution in [0, 0.1) is 0 Å². The Balaban J connectivity index is 1.51. The highest BCUT2D eigenvalue weighted by Gasteiger charge is 2.21. The van der Waals surface area contributed by atoms with Gasteiger partial charge < -0.3 is 14.7 Å². The van der Waals surface area contributed by atoms with Crippen molar-refractivity contribution in [2.24, 2.45) is 0 Å². The van der Waals surface area contributed by atoms with Crippen LogP contribution in [0.5, 0.6) is 0 Å². The van der Waals surface area contributed by atoms with Gasteiger partial charge in [-0.05, 0) is 34.9 Å². The number of likely N-dealkylation sites (N-methyl/N-ethyl adjacent to an activating group) is 1. The minimum absolute atomic E-state index is 0.207. The Kier molecular flexibility index (Phi) is 6.30. The van der Waals surface area contributed by atoms with E-state index >= 15 is 0 Å². The summed E-state index contributed by atoms with van der Waals surface area (Å²) in [7, 11) is 5.96. The first kappa shape index (κ1) is 19.2. The molecule has 1 unspecified atom stereocenters. The maximum Gasteiger partial charge on any atom is 0.277 e. The third-order valence-electron chi connectivity index (χ3n) is 5.23. The minimum atomic E-state index is 0.207. The number of hydrogen-bond acceptors (Lipinski definition) is 2. The van der Waals surface area contributed by atoms with Crippen molar-refractivity contribution in [1.82, 2.24) is 4.90 Å². The normalized spacial score (nSPS) is 16.6. The lowest BCUT2D eigenvalue weighted by Crippen LogP contribution is -3.13. The minimum Gasteiger partial charge on any atom is -0.378 e. The average Bonchev–Trinajstić information content (AvgIpc) is 2.69. The monoisotopic (exact) mass is 364 g/mol. The molecular weight excluding hydrogens is 334 g/mol. The van der Waals surface area contributed by atoms with Gasteiger partial charge in [-0.3, -0.25) is 4.79 Å². The van der Waals surface area contributed by atoms with E-state index in [1.807, 2.05) is 32.1 Å². The Morgan fingerprint density at radius 3 is 2.30 bits per heavy atom. The number of amides is 1. The lowest BCUT2D eigenvalue weighted by molar-refractivity contribution is -0.887. The number of nitrogens with zero attached hydrogens (tertiary/aromatic N) is 2. The van der Waals surface area contributed by atoms with E-state index in [9.17, 15) is 4.79 Å². The first-order chi connectivity index (χ1) is 13.0. The first-order valence-electron chi connectivity index (χ1n) is 9.61. The molecule has 0 saturated carbocycles. The molecule has 0 saturated heterocycles. The van der Waals surface area contributed by atoms with E-state index in [4.69, 9.17) is 0 Å². The summed E-state index contributed by atoms with van der Waals surface area (Å²) in [4.78, 5) is 17.9. The van der Waals surface area contributed by atoms with Crippen LogP contribution in [0.25, 0.3) is 5.57 Å². The third-order valence-corrected chi connectivity index (χ3v) is 5.23. The summed E-state index contributed by atoms with van der Waals surface area (Å²) in [5.41, 5.74) is 5.05. The molecule has 1 atom stereocenters. The van der Waals surface area contributed by atoms with Crippen LogP contribution in [-0.4, -0.2) is 51.6 Å². The largest absolute Gasteiger partial charge is 0.378 e. The predicted octanol–water partition coefficient (Wildman–Crippen LogP) is 2.08. The molecule has 0 spiro atoms. The zero-order valence-electron chi connectivity index (χ0n) is 16.6. The van der Waals surface area contributed by atoms with Crippen molar-refractivity contribution in [2.75, 3.05) is 45.7 Å². The maximum absolute atomic E-state index is 12.6. The zero-order chi connectivity index (χ0) is 19.2. The van der Waals surface area contributed by atoms with Gasteiger partial charge in [0.1, 0.15) is 0 Å². The van der Waals surface area contributed by atoms with Gasteiger partial charge in [-0.25, -0.2) is 0 Å². The van der Waals surface area contributed by atoms with Gasteiger partial charge in [-0.2, -0.15) is 0 Å². The van der Waals surface area contributed by atoms with Crippen LogP contribution in [0.15, 0.2) is 60.7 Å². The second-order valence-electron chi connectivity index (χ2n) is 7.54. The van der Waals surface area contributed by atoms with E-state index in [1.54, 1.807) is 0 Å². The lowest BCUT2D eigenvalue weighted by atomic mass is 9.99. The highest BCUT2D eigenvalue weighted by molar-refractivity contribution is 5.77. The summed E-state index contributed by atoms with van der Waals surface area (Å²) in [5, 5.41) is 0. The summed E-state index contributed by atoms with van der Waals surface area (Å²) < 4.78 is 0. The summed E-state index contributed by atoms with van der Waals surface area (Å²) in [6, 6.07) is 18.9. The highest BCUT2D eigenvalue weighted by atomic mass is 16.2. The van der Waals surface area contributed by atoms with E-state index in [-0.39, 0.29) is 5.91 Å². The van der Waals surface area contributed by atoms with Crippen molar-refractivity contribution in [2.45, 2.75) is 13.0 Å². The fourth-order valence-corrected chi connectivity index (χ4v) is 3.47. The van der Waals surface area contributed by atoms with Crippen LogP contribution >= 0.6 is 0 Å². The second-order valence-corrected chi connectivity index (χ2v) is 7.54. The van der Waals surface area contributed by atoms with E-state index in [2.05, 4.69) is 59.5 Å². The third kappa shape index (κ3) is 5.20. The molecule has 0 bridgehead atoms. The van der Waals surface area contributed by atoms with Gasteiger partial charge in [-0.15, -0.1) is 0 Å². The molecule has 3 rings (SSSR count). The number of carbonyl (C=O) groups is 1. The summed E-state index contributed by atoms with van der Waals surface area (Å²) >= 11 is 0. The molecule has 0 aliphatic carbocycles. The standard InChI is InChI=1S/C23H29N3O/c1-24(2)22-11-9-19(10-12-22)17-25(3)23(27)18-26-15-13-21(14-16-26)20-7-5-4-6-8-20/h4-13H,14-18H2,1-3H3/p+1. The maximum atomic E-state index is 12.6. The molecular formula is C23H30N3O+. The Bertz CT molecular complexity index is 781. The van der Waals surface area contributed by atoms with Gasteiger partial charge in [0.25, 0.3) is 5.91 Å². The lowest BCUT2D eigenvalue weighted by Gasteiger charge is -2.25. The molecule has 0 radical (unpaired) electrons. The fraction of sp³-hybridized carbons (Fsp3) is 0.348. The molecule has 1 amide bonds. The number of nitrogens with one attached hydrogen (secondary N) is 1. The molecule has 0 aromatic heterocycles. The SMILES string of the molecule is CN(Cc1ccc(N(C)C)cc1)C(=O)C[NH+]1CC=C(c2ccccc2)CC1. The smallest absolute Gasteiger partial charge is 0.277 e. The molecule has 4 heteroatoms. The van der Waals surface area contributed by atoms with E-state index in [0.29, 0.717) is 13.1 Å². The molecule has 142 valence electrons. The number of rotatable bonds is 6. The van der Waals surface area contributed by atoms with Gasteiger partial charge in [0.2, 0.25) is 0 Å². The van der Waals surface area contributed by atoms with E-state index < -0.39 is 0 Å². The number of quaternary nitrogens is 1. The number of benzene rings is 2. The second kappa shape index (κ2) is 8.87. The van der Waals surface area contributed by atoms with E-state index in [0.717, 1.165) is 25.1 Å². The van der Waals surface area contributed by atoms with Crippen LogP contribution in [0.3, 0.4) is 0 Å². The first-order valence-corrected chi connectivity index (χ1v) is 9.61. The van der Waals surface area contributed by atoms with Crippen molar-refractivity contribution in [3.05, 3.63) is 71.8 Å². The number of hydrogen-bond donors (Lipinski definition) is 1. The molecule has 0 fully saturated rings. The van der Waals surface area contributed by atoms with Gasteiger partial charge >= 0.3 is 0 Å². The van der Waals surface area contributed by atoms with Crippen molar-refractivity contribution in [3.8, 4) is 0 Å². The van der Waals surface area contributed by atoms with Crippen molar-refractivity contribution in [3.63, 3.8) is 0 Å². The van der Waals surface area contributed by atoms with Crippen LogP contribution in [0.4, 0.5) is 5.69 Å². The van der Waals surface area contributed by atoms with Crippen LogP contribution in [-0.2, 0) is 11.3 Å². The Hall–Kier alpha value is -2.59. The quantitative estimate of drug-likeness (QED) is 0.850. The Morgan fingerprint density at radius 1 is 1.00 bits per heavy atom. The molecule has 4 nitrogen and oxygen atoms in total. The number of anilines is 1. The molecule has 1 N–H and O–H groups in total. The van der Waals surface area contributed by atoms with Gasteiger partial charge in [-0.1, -0.05) is 42.5 Å². The molecule has 1 aliphatic heterocycles. The van der Waals surface area contributed by atoms with Crippen LogP contribution in [0.2, 0.25) is 0 Å². The highest BCUT2D eigenvalue weighted by Crippen LogP contribution is 2.17. The summed E-state index contributed by atoms with van der Waals surface area (Å²) in [6.45, 7) is 3.15. The summed E-state index contributed by atoms with van der Waals surface area (Å²) in [6.07, 6.45) is 3.32. The zero-order valence-corrected chi connectivity index (χ0v) is 16.6. The predicted molar refractivity (Wildman–Crippen MR) is 112 cm³/mol. The Labute approximate surface area is 162 Å². The summed E-state index contributed by atoms with van der Waals surface area (Å²) in [5.74, 6) is 0.207. The van der Waals surface area contributed by atoms with E-state index in [1.165, 1.54) is 21.7 Å². The van der Waals surface area contributed by atoms with Gasteiger partial charge in [0.15, 0.2) is 6.54 Å². The molecule has 1 heterocycles. The van der Waals surface area contributed by atoms with Crippen LogP contribution in [0.1, 0.15) is 17.5 Å². The van der Waals surface area contributed by atoms with Gasteiger partial charge in [0, 0.05) is 39.8 Å². The molecule has 2 aromatic rings. The van der Waals surface area contributed by atoms with Gasteiger partial charge in [0.05, 0.1) is 13.1 Å². The Morgan fingerprint density at radius 2 is 1.70 bits per heavy atom. The van der Waals surface area contributed by atoms with Crippen molar-refractivity contribution in [1.29, 1.82) is 0 Å². The molecule has 2 aromatic carbocycles. The topological polar surface area (TPSA) is 28.0 Å². The number of carbonyl (C=O) groups excluding carboxylic acids is 1. The fourth-order valence-electron chi connectivity index (χ4n) is 3.47. The molecule has 27 heavy (non-hydrogen) atoms. The van der Waals surface area contributed by atoms with Crippen molar-refractivity contribution >= 4 is 17.2 Å². The van der Waals surface area contributed by atoms with Crippen LogP contribution < -0.4 is 9.80 Å². The van der Waals surface area contributed by atoms with Crippen molar-refractivity contribution < 1.29 is 9.69 Å². The average molecular weight is 365 g/mol.